The van der Waals surface area contributed by atoms with Crippen molar-refractivity contribution >= 4 is 23.5 Å². The number of carbonyl (C=O) groups excluding carboxylic acids is 3. The number of amides is 2. The third-order valence-corrected chi connectivity index (χ3v) is 4.17. The van der Waals surface area contributed by atoms with Gasteiger partial charge in [0.05, 0.1) is 18.2 Å². The Kier molecular flexibility index (Phi) is 7.94. The van der Waals surface area contributed by atoms with Gasteiger partial charge in [0.25, 0.3) is 5.91 Å². The first-order valence-corrected chi connectivity index (χ1v) is 9.26. The Bertz CT molecular complexity index is 943. The van der Waals surface area contributed by atoms with Gasteiger partial charge >= 0.3 is 5.97 Å². The second-order valence-corrected chi connectivity index (χ2v) is 6.60. The minimum atomic E-state index is -0.946. The number of hydrogen-bond donors (Lipinski definition) is 2. The zero-order chi connectivity index (χ0) is 22.1. The number of carbonyl (C=O) groups is 3. The van der Waals surface area contributed by atoms with Gasteiger partial charge in [-0.3, -0.25) is 9.59 Å². The summed E-state index contributed by atoms with van der Waals surface area (Å²) in [6.45, 7) is 4.46. The van der Waals surface area contributed by atoms with Gasteiger partial charge in [-0.05, 0) is 56.2 Å². The van der Waals surface area contributed by atoms with Gasteiger partial charge in [0, 0.05) is 5.69 Å². The highest BCUT2D eigenvalue weighted by Gasteiger charge is 2.18. The van der Waals surface area contributed by atoms with Gasteiger partial charge in [-0.1, -0.05) is 18.2 Å². The monoisotopic (exact) mass is 409 g/mol. The van der Waals surface area contributed by atoms with E-state index in [-0.39, 0.29) is 12.5 Å². The summed E-state index contributed by atoms with van der Waals surface area (Å²) in [7, 11) is 0. The molecule has 0 fully saturated rings. The van der Waals surface area contributed by atoms with Gasteiger partial charge in [-0.15, -0.1) is 0 Å². The molecule has 8 heteroatoms. The minimum Gasteiger partial charge on any atom is -0.479 e. The molecule has 2 amide bonds. The molecule has 0 aliphatic heterocycles. The average molecular weight is 409 g/mol. The zero-order valence-electron chi connectivity index (χ0n) is 17.0. The molecule has 2 rings (SSSR count). The van der Waals surface area contributed by atoms with Crippen LogP contribution < -0.4 is 15.4 Å². The van der Waals surface area contributed by atoms with Gasteiger partial charge in [0.2, 0.25) is 5.91 Å². The van der Waals surface area contributed by atoms with Crippen molar-refractivity contribution in [2.24, 2.45) is 0 Å². The van der Waals surface area contributed by atoms with Gasteiger partial charge in [0.15, 0.2) is 12.7 Å². The number of ether oxygens (including phenoxy) is 2. The fourth-order valence-corrected chi connectivity index (χ4v) is 2.54. The third-order valence-electron chi connectivity index (χ3n) is 4.17. The van der Waals surface area contributed by atoms with Crippen LogP contribution in [0.2, 0.25) is 0 Å². The summed E-state index contributed by atoms with van der Waals surface area (Å²) >= 11 is 0. The smallest absolute Gasteiger partial charge is 0.347 e. The van der Waals surface area contributed by atoms with E-state index in [0.717, 1.165) is 11.1 Å². The van der Waals surface area contributed by atoms with E-state index < -0.39 is 24.6 Å². The van der Waals surface area contributed by atoms with Crippen LogP contribution in [0.3, 0.4) is 0 Å². The van der Waals surface area contributed by atoms with Crippen molar-refractivity contribution in [1.82, 2.24) is 5.32 Å². The Labute approximate surface area is 174 Å². The molecule has 156 valence electrons. The van der Waals surface area contributed by atoms with E-state index in [1.54, 1.807) is 24.3 Å². The zero-order valence-corrected chi connectivity index (χ0v) is 17.0. The first-order chi connectivity index (χ1) is 14.3. The van der Waals surface area contributed by atoms with E-state index in [2.05, 4.69) is 10.6 Å². The van der Waals surface area contributed by atoms with Crippen LogP contribution in [-0.4, -0.2) is 37.0 Å². The van der Waals surface area contributed by atoms with Crippen molar-refractivity contribution < 1.29 is 23.9 Å². The summed E-state index contributed by atoms with van der Waals surface area (Å²) < 4.78 is 10.3. The van der Waals surface area contributed by atoms with Gasteiger partial charge < -0.3 is 20.1 Å². The van der Waals surface area contributed by atoms with E-state index in [1.165, 1.54) is 6.92 Å². The minimum absolute atomic E-state index is 0.249. The molecule has 0 saturated heterocycles. The van der Waals surface area contributed by atoms with E-state index in [0.29, 0.717) is 17.0 Å². The fourth-order valence-electron chi connectivity index (χ4n) is 2.54. The summed E-state index contributed by atoms with van der Waals surface area (Å²) in [6.07, 6.45) is -0.946. The molecule has 0 aliphatic carbocycles. The number of aryl methyl sites for hydroxylation is 2. The number of anilines is 1. The Morgan fingerprint density at radius 3 is 2.27 bits per heavy atom. The van der Waals surface area contributed by atoms with Crippen LogP contribution in [0.4, 0.5) is 5.69 Å². The molecule has 0 radical (unpaired) electrons. The molecule has 2 aromatic carbocycles. The summed E-state index contributed by atoms with van der Waals surface area (Å²) in [6, 6.07) is 13.9. The van der Waals surface area contributed by atoms with Crippen LogP contribution >= 0.6 is 0 Å². The Balaban J connectivity index is 1.73. The number of benzene rings is 2. The highest BCUT2D eigenvalue weighted by molar-refractivity contribution is 5.96. The first kappa shape index (κ1) is 22.4. The molecule has 0 unspecified atom stereocenters. The lowest BCUT2D eigenvalue weighted by atomic mass is 10.1. The molecule has 0 spiro atoms. The predicted octanol–water partition coefficient (Wildman–Crippen LogP) is 2.24. The van der Waals surface area contributed by atoms with Crippen LogP contribution in [0.5, 0.6) is 5.75 Å². The fraction of sp³-hybridized carbons (Fsp3) is 0.273. The molecule has 0 saturated carbocycles. The van der Waals surface area contributed by atoms with Crippen molar-refractivity contribution in [3.8, 4) is 11.8 Å². The number of esters is 1. The molecule has 8 nitrogen and oxygen atoms in total. The number of nitrogens with zero attached hydrogens (tertiary/aromatic N) is 1. The third kappa shape index (κ3) is 6.63. The molecule has 0 heterocycles. The van der Waals surface area contributed by atoms with E-state index in [9.17, 15) is 14.4 Å². The highest BCUT2D eigenvalue weighted by Crippen LogP contribution is 2.19. The van der Waals surface area contributed by atoms with Crippen LogP contribution in [0.25, 0.3) is 0 Å². The molecule has 2 aromatic rings. The molecule has 30 heavy (non-hydrogen) atoms. The second kappa shape index (κ2) is 10.6. The molecule has 0 bridgehead atoms. The lowest BCUT2D eigenvalue weighted by Gasteiger charge is -2.14. The van der Waals surface area contributed by atoms with Crippen molar-refractivity contribution in [2.45, 2.75) is 26.9 Å². The lowest BCUT2D eigenvalue weighted by molar-refractivity contribution is -0.154. The summed E-state index contributed by atoms with van der Waals surface area (Å²) in [5, 5.41) is 13.9. The van der Waals surface area contributed by atoms with E-state index in [1.807, 2.05) is 38.1 Å². The molecule has 1 atom stereocenters. The first-order valence-electron chi connectivity index (χ1n) is 9.26. The van der Waals surface area contributed by atoms with Gasteiger partial charge in [0.1, 0.15) is 5.75 Å². The maximum absolute atomic E-state index is 12.0. The topological polar surface area (TPSA) is 118 Å². The quantitative estimate of drug-likeness (QED) is 0.646. The van der Waals surface area contributed by atoms with Crippen molar-refractivity contribution in [2.75, 3.05) is 18.5 Å². The van der Waals surface area contributed by atoms with Crippen LogP contribution in [0, 0.1) is 25.2 Å². The van der Waals surface area contributed by atoms with Crippen molar-refractivity contribution in [1.29, 1.82) is 5.26 Å². The van der Waals surface area contributed by atoms with Crippen LogP contribution in [-0.2, 0) is 19.1 Å². The number of nitriles is 1. The van der Waals surface area contributed by atoms with Gasteiger partial charge in [-0.2, -0.15) is 5.26 Å². The number of nitrogens with one attached hydrogen (secondary N) is 2. The number of hydrogen-bond acceptors (Lipinski definition) is 6. The molecular weight excluding hydrogens is 386 g/mol. The normalized spacial score (nSPS) is 11.0. The summed E-state index contributed by atoms with van der Waals surface area (Å²) in [4.78, 5) is 35.9. The molecule has 0 aliphatic rings. The maximum atomic E-state index is 12.0. The largest absolute Gasteiger partial charge is 0.479 e. The van der Waals surface area contributed by atoms with Crippen molar-refractivity contribution in [3.63, 3.8) is 0 Å². The highest BCUT2D eigenvalue weighted by atomic mass is 16.6. The lowest BCUT2D eigenvalue weighted by Crippen LogP contribution is -2.37. The van der Waals surface area contributed by atoms with Crippen LogP contribution in [0.15, 0.2) is 42.5 Å². The summed E-state index contributed by atoms with van der Waals surface area (Å²) in [5.74, 6) is -1.32. The summed E-state index contributed by atoms with van der Waals surface area (Å²) in [5.41, 5.74) is 3.01. The number of rotatable bonds is 8. The average Bonchev–Trinajstić information content (AvgIpc) is 2.73. The Morgan fingerprint density at radius 2 is 1.67 bits per heavy atom. The number of para-hydroxylation sites is 1. The van der Waals surface area contributed by atoms with Crippen LogP contribution in [0.1, 0.15) is 23.6 Å². The van der Waals surface area contributed by atoms with Crippen molar-refractivity contribution in [3.05, 3.63) is 59.2 Å². The molecule has 2 N–H and O–H groups in total. The van der Waals surface area contributed by atoms with E-state index in [4.69, 9.17) is 14.7 Å². The standard InChI is InChI=1S/C22H23N3O5/c1-14-5-4-6-15(2)21(14)25-19(26)12-24-20(27)13-29-22(28)16(3)30-18-9-7-17(11-23)8-10-18/h4-10,16H,12-13H2,1-3H3,(H,24,27)(H,25,26)/t16-/m0/s1. The second-order valence-electron chi connectivity index (χ2n) is 6.60. The maximum Gasteiger partial charge on any atom is 0.347 e. The Morgan fingerprint density at radius 1 is 1.03 bits per heavy atom. The van der Waals surface area contributed by atoms with E-state index >= 15 is 0 Å². The van der Waals surface area contributed by atoms with Gasteiger partial charge in [-0.25, -0.2) is 4.79 Å². The Hall–Kier alpha value is -3.86. The SMILES string of the molecule is Cc1cccc(C)c1NC(=O)CNC(=O)COC(=O)[C@H](C)Oc1ccc(C#N)cc1. The molecule has 0 aromatic heterocycles. The predicted molar refractivity (Wildman–Crippen MR) is 110 cm³/mol. The molecular formula is C22H23N3O5.